The zero-order chi connectivity index (χ0) is 25.7. The average Bonchev–Trinajstić information content (AvgIpc) is 2.76. The van der Waals surface area contributed by atoms with Crippen molar-refractivity contribution in [2.75, 3.05) is 12.0 Å². The molecule has 0 radical (unpaired) electrons. The summed E-state index contributed by atoms with van der Waals surface area (Å²) in [6.45, 7) is 11.2. The molecule has 0 aliphatic rings. The van der Waals surface area contributed by atoms with Crippen molar-refractivity contribution in [1.29, 1.82) is 0 Å². The maximum Gasteiger partial charge on any atom is 0.326 e. The first kappa shape index (κ1) is 31.2. The number of hydrogen-bond acceptors (Lipinski definition) is 6. The van der Waals surface area contributed by atoms with Crippen LogP contribution in [0, 0.1) is 17.8 Å². The number of amides is 3. The lowest BCUT2D eigenvalue weighted by molar-refractivity contribution is -0.144. The molecule has 0 aliphatic carbocycles. The van der Waals surface area contributed by atoms with E-state index in [2.05, 4.69) is 16.0 Å². The Bertz CT molecular complexity index is 646. The summed E-state index contributed by atoms with van der Waals surface area (Å²) in [5.74, 6) is -2.14. The molecule has 6 atom stereocenters. The van der Waals surface area contributed by atoms with Gasteiger partial charge in [0.05, 0.1) is 6.04 Å². The average molecular weight is 489 g/mol. The number of aliphatic carboxylic acids is 1. The summed E-state index contributed by atoms with van der Waals surface area (Å²) in [4.78, 5) is 50.2. The number of carboxylic acids is 1. The minimum Gasteiger partial charge on any atom is -0.480 e. The van der Waals surface area contributed by atoms with Crippen molar-refractivity contribution < 1.29 is 24.3 Å². The Balaban J connectivity index is 5.54. The standard InChI is InChI=1S/C23H44N4O5S/c1-8-14(5)18(24)22(30)25-16(10-11-33-7)20(28)26-17(12-13(3)4)21(29)27-19(23(31)32)15(6)9-2/h13-19H,8-12,24H2,1-7H3,(H,25,30)(H,26,28)(H,27,29)(H,31,32). The molecule has 0 saturated carbocycles. The maximum atomic E-state index is 13.1. The van der Waals surface area contributed by atoms with Crippen LogP contribution in [0.15, 0.2) is 0 Å². The lowest BCUT2D eigenvalue weighted by Crippen LogP contribution is -2.58. The van der Waals surface area contributed by atoms with E-state index >= 15 is 0 Å². The third-order valence-corrected chi connectivity index (χ3v) is 6.56. The van der Waals surface area contributed by atoms with Gasteiger partial charge in [0.2, 0.25) is 17.7 Å². The van der Waals surface area contributed by atoms with Crippen LogP contribution in [0.3, 0.4) is 0 Å². The fraction of sp³-hybridized carbons (Fsp3) is 0.826. The van der Waals surface area contributed by atoms with Gasteiger partial charge in [-0.2, -0.15) is 11.8 Å². The summed E-state index contributed by atoms with van der Waals surface area (Å²) >= 11 is 1.54. The van der Waals surface area contributed by atoms with Gasteiger partial charge in [-0.25, -0.2) is 4.79 Å². The molecule has 0 saturated heterocycles. The molecule has 6 unspecified atom stereocenters. The Morgan fingerprint density at radius 2 is 1.36 bits per heavy atom. The molecular formula is C23H44N4O5S. The van der Waals surface area contributed by atoms with Crippen LogP contribution in [0.4, 0.5) is 0 Å². The van der Waals surface area contributed by atoms with Crippen molar-refractivity contribution in [3.63, 3.8) is 0 Å². The van der Waals surface area contributed by atoms with Crippen molar-refractivity contribution in [2.45, 2.75) is 91.4 Å². The van der Waals surface area contributed by atoms with E-state index < -0.39 is 47.9 Å². The first-order chi connectivity index (χ1) is 15.4. The summed E-state index contributed by atoms with van der Waals surface area (Å²) in [5.41, 5.74) is 6.02. The number of thioether (sulfide) groups is 1. The Morgan fingerprint density at radius 3 is 1.82 bits per heavy atom. The summed E-state index contributed by atoms with van der Waals surface area (Å²) in [7, 11) is 0. The van der Waals surface area contributed by atoms with Crippen LogP contribution in [-0.2, 0) is 19.2 Å². The molecule has 6 N–H and O–H groups in total. The zero-order valence-corrected chi connectivity index (χ0v) is 22.0. The molecule has 0 aromatic rings. The van der Waals surface area contributed by atoms with Crippen LogP contribution in [0.25, 0.3) is 0 Å². The summed E-state index contributed by atoms with van der Waals surface area (Å²) in [6, 6.07) is -3.54. The highest BCUT2D eigenvalue weighted by Crippen LogP contribution is 2.12. The van der Waals surface area contributed by atoms with Gasteiger partial charge in [-0.1, -0.05) is 54.4 Å². The second-order valence-corrected chi connectivity index (χ2v) is 10.1. The van der Waals surface area contributed by atoms with Crippen LogP contribution >= 0.6 is 11.8 Å². The van der Waals surface area contributed by atoms with Crippen molar-refractivity contribution >= 4 is 35.5 Å². The van der Waals surface area contributed by atoms with Gasteiger partial charge in [0.15, 0.2) is 0 Å². The summed E-state index contributed by atoms with van der Waals surface area (Å²) in [5, 5.41) is 17.6. The van der Waals surface area contributed by atoms with E-state index in [-0.39, 0.29) is 17.8 Å². The third-order valence-electron chi connectivity index (χ3n) is 5.92. The van der Waals surface area contributed by atoms with E-state index in [4.69, 9.17) is 5.73 Å². The number of hydrogen-bond donors (Lipinski definition) is 5. The summed E-state index contributed by atoms with van der Waals surface area (Å²) in [6.07, 6.45) is 3.93. The second kappa shape index (κ2) is 15.9. The predicted octanol–water partition coefficient (Wildman–Crippen LogP) is 1.74. The van der Waals surface area contributed by atoms with Gasteiger partial charge in [0.25, 0.3) is 0 Å². The molecule has 10 heteroatoms. The van der Waals surface area contributed by atoms with Gasteiger partial charge in [-0.05, 0) is 42.6 Å². The van der Waals surface area contributed by atoms with E-state index in [1.54, 1.807) is 6.92 Å². The monoisotopic (exact) mass is 488 g/mol. The van der Waals surface area contributed by atoms with E-state index in [0.717, 1.165) is 6.42 Å². The van der Waals surface area contributed by atoms with Gasteiger partial charge in [-0.3, -0.25) is 14.4 Å². The lowest BCUT2D eigenvalue weighted by atomic mass is 9.97. The minimum atomic E-state index is -1.11. The fourth-order valence-electron chi connectivity index (χ4n) is 3.20. The number of rotatable bonds is 16. The van der Waals surface area contributed by atoms with Crippen molar-refractivity contribution in [2.24, 2.45) is 23.5 Å². The number of carbonyl (C=O) groups excluding carboxylic acids is 3. The molecule has 0 aromatic carbocycles. The molecule has 33 heavy (non-hydrogen) atoms. The molecule has 0 aromatic heterocycles. The van der Waals surface area contributed by atoms with Crippen LogP contribution in [0.1, 0.15) is 67.2 Å². The van der Waals surface area contributed by atoms with Crippen LogP contribution in [-0.4, -0.2) is 65.0 Å². The van der Waals surface area contributed by atoms with Gasteiger partial charge in [-0.15, -0.1) is 0 Å². The van der Waals surface area contributed by atoms with Gasteiger partial charge < -0.3 is 26.8 Å². The van der Waals surface area contributed by atoms with Crippen LogP contribution in [0.5, 0.6) is 0 Å². The third kappa shape index (κ3) is 11.2. The Hall–Kier alpha value is -1.81. The molecular weight excluding hydrogens is 444 g/mol. The second-order valence-electron chi connectivity index (χ2n) is 9.15. The normalized spacial score (nSPS) is 16.8. The Kier molecular flexibility index (Phi) is 15.1. The quantitative estimate of drug-likeness (QED) is 0.222. The van der Waals surface area contributed by atoms with Crippen molar-refractivity contribution in [3.8, 4) is 0 Å². The smallest absolute Gasteiger partial charge is 0.326 e. The fourth-order valence-corrected chi connectivity index (χ4v) is 3.67. The highest BCUT2D eigenvalue weighted by molar-refractivity contribution is 7.98. The minimum absolute atomic E-state index is 0.0396. The molecule has 0 rings (SSSR count). The molecule has 0 bridgehead atoms. The molecule has 0 fully saturated rings. The lowest BCUT2D eigenvalue weighted by Gasteiger charge is -2.27. The van der Waals surface area contributed by atoms with E-state index in [1.165, 1.54) is 11.8 Å². The van der Waals surface area contributed by atoms with Crippen molar-refractivity contribution in [1.82, 2.24) is 16.0 Å². The molecule has 192 valence electrons. The maximum absolute atomic E-state index is 13.1. The topological polar surface area (TPSA) is 151 Å². The molecule has 3 amide bonds. The largest absolute Gasteiger partial charge is 0.480 e. The molecule has 0 heterocycles. The van der Waals surface area contributed by atoms with Gasteiger partial charge >= 0.3 is 5.97 Å². The van der Waals surface area contributed by atoms with Crippen molar-refractivity contribution in [3.05, 3.63) is 0 Å². The molecule has 0 spiro atoms. The highest BCUT2D eigenvalue weighted by atomic mass is 32.2. The van der Waals surface area contributed by atoms with Crippen LogP contribution in [0.2, 0.25) is 0 Å². The van der Waals surface area contributed by atoms with Gasteiger partial charge in [0.1, 0.15) is 18.1 Å². The molecule has 9 nitrogen and oxygen atoms in total. The zero-order valence-electron chi connectivity index (χ0n) is 21.1. The van der Waals surface area contributed by atoms with Gasteiger partial charge in [0, 0.05) is 0 Å². The van der Waals surface area contributed by atoms with E-state index in [1.807, 2.05) is 40.9 Å². The van der Waals surface area contributed by atoms with E-state index in [9.17, 15) is 24.3 Å². The number of carboxylic acid groups (broad SMARTS) is 1. The summed E-state index contributed by atoms with van der Waals surface area (Å²) < 4.78 is 0. The highest BCUT2D eigenvalue weighted by Gasteiger charge is 2.32. The first-order valence-electron chi connectivity index (χ1n) is 11.8. The van der Waals surface area contributed by atoms with Crippen LogP contribution < -0.4 is 21.7 Å². The number of nitrogens with two attached hydrogens (primary N) is 1. The Labute approximate surface area is 202 Å². The predicted molar refractivity (Wildman–Crippen MR) is 133 cm³/mol. The number of carbonyl (C=O) groups is 4. The van der Waals surface area contributed by atoms with E-state index in [0.29, 0.717) is 25.0 Å². The Morgan fingerprint density at radius 1 is 0.848 bits per heavy atom. The number of nitrogens with one attached hydrogen (secondary N) is 3. The molecule has 0 aliphatic heterocycles. The SMILES string of the molecule is CCC(C)C(N)C(=O)NC(CCSC)C(=O)NC(CC(C)C)C(=O)NC(C(=O)O)C(C)CC. The first-order valence-corrected chi connectivity index (χ1v) is 13.2.